The van der Waals surface area contributed by atoms with E-state index >= 15 is 0 Å². The average molecular weight is 639 g/mol. The number of unbranched alkanes of at least 4 members (excludes halogenated alkanes) is 10. The van der Waals surface area contributed by atoms with E-state index in [4.69, 9.17) is 19.1 Å². The molecule has 0 N–H and O–H groups in total. The zero-order valence-corrected chi connectivity index (χ0v) is 30.9. The summed E-state index contributed by atoms with van der Waals surface area (Å²) in [5.74, 6) is -1.03. The molecular formula is C37H70N2O6. The highest BCUT2D eigenvalue weighted by Gasteiger charge is 2.49. The van der Waals surface area contributed by atoms with Crippen molar-refractivity contribution < 1.29 is 28.7 Å². The van der Waals surface area contributed by atoms with Gasteiger partial charge < -0.3 is 9.47 Å². The van der Waals surface area contributed by atoms with Gasteiger partial charge in [-0.25, -0.2) is 0 Å². The number of hydrogen-bond acceptors (Lipinski definition) is 8. The standard InChI is InChI=1S/C37H70N2O6/c1-11-13-15-17-19-21-23-42-38-34(3,4)26-30(27-35(38,5)6)44-32(40)25-33(41)45-31-28-36(7,8)39(37(9,10)29-31)43-24-22-20-18-16-14-12-2/h30-31H,11-29H2,1-10H3. The van der Waals surface area contributed by atoms with Crippen LogP contribution in [0, 0.1) is 0 Å². The molecule has 2 saturated heterocycles. The minimum atomic E-state index is -0.517. The highest BCUT2D eigenvalue weighted by Crippen LogP contribution is 2.41. The van der Waals surface area contributed by atoms with Crippen molar-refractivity contribution >= 4 is 11.9 Å². The average Bonchev–Trinajstić information content (AvgIpc) is 2.88. The van der Waals surface area contributed by atoms with Crippen LogP contribution in [0.1, 0.15) is 178 Å². The van der Waals surface area contributed by atoms with Crippen molar-refractivity contribution in [3.63, 3.8) is 0 Å². The lowest BCUT2D eigenvalue weighted by Crippen LogP contribution is -2.62. The maximum Gasteiger partial charge on any atom is 0.317 e. The zero-order valence-electron chi connectivity index (χ0n) is 30.9. The van der Waals surface area contributed by atoms with Gasteiger partial charge >= 0.3 is 11.9 Å². The van der Waals surface area contributed by atoms with Crippen molar-refractivity contribution in [2.75, 3.05) is 13.2 Å². The van der Waals surface area contributed by atoms with Crippen molar-refractivity contribution in [3.05, 3.63) is 0 Å². The van der Waals surface area contributed by atoms with Crippen LogP contribution < -0.4 is 0 Å². The SMILES string of the molecule is CCCCCCCCON1C(C)(C)CC(OC(=O)CC(=O)OC2CC(C)(C)N(OCCCCCCCC)C(C)(C)C2)CC1(C)C. The summed E-state index contributed by atoms with van der Waals surface area (Å²) >= 11 is 0. The Morgan fingerprint density at radius 2 is 0.800 bits per heavy atom. The molecular weight excluding hydrogens is 568 g/mol. The fourth-order valence-electron chi connectivity index (χ4n) is 7.86. The smallest absolute Gasteiger partial charge is 0.317 e. The van der Waals surface area contributed by atoms with Gasteiger partial charge in [0.05, 0.1) is 13.2 Å². The Labute approximate surface area is 276 Å². The minimum absolute atomic E-state index is 0.283. The van der Waals surface area contributed by atoms with Gasteiger partial charge in [-0.05, 0) is 68.2 Å². The van der Waals surface area contributed by atoms with E-state index in [1.807, 2.05) is 0 Å². The molecule has 0 aliphatic carbocycles. The van der Waals surface area contributed by atoms with Crippen LogP contribution in [0.2, 0.25) is 0 Å². The molecule has 0 atom stereocenters. The Bertz CT molecular complexity index is 780. The number of piperidine rings is 2. The molecule has 8 nitrogen and oxygen atoms in total. The molecule has 8 heteroatoms. The minimum Gasteiger partial charge on any atom is -0.462 e. The lowest BCUT2D eigenvalue weighted by Gasteiger charge is -2.53. The normalized spacial score (nSPS) is 21.9. The molecule has 0 radical (unpaired) electrons. The van der Waals surface area contributed by atoms with Gasteiger partial charge in [0, 0.05) is 47.8 Å². The first-order valence-corrected chi connectivity index (χ1v) is 18.3. The first kappa shape index (κ1) is 40.0. The van der Waals surface area contributed by atoms with Crippen LogP contribution in [0.15, 0.2) is 0 Å². The molecule has 0 saturated carbocycles. The van der Waals surface area contributed by atoms with Crippen molar-refractivity contribution in [3.8, 4) is 0 Å². The monoisotopic (exact) mass is 639 g/mol. The molecule has 2 heterocycles. The van der Waals surface area contributed by atoms with Gasteiger partial charge in [-0.2, -0.15) is 10.1 Å². The Morgan fingerprint density at radius 1 is 0.511 bits per heavy atom. The fraction of sp³-hybridized carbons (Fsp3) is 0.946. The lowest BCUT2D eigenvalue weighted by molar-refractivity contribution is -0.294. The second-order valence-corrected chi connectivity index (χ2v) is 16.3. The molecule has 0 aromatic heterocycles. The summed E-state index contributed by atoms with van der Waals surface area (Å²) in [4.78, 5) is 38.5. The van der Waals surface area contributed by atoms with Crippen LogP contribution in [0.4, 0.5) is 0 Å². The quantitative estimate of drug-likeness (QED) is 0.0742. The van der Waals surface area contributed by atoms with E-state index in [0.717, 1.165) is 12.8 Å². The van der Waals surface area contributed by atoms with Crippen molar-refractivity contribution in [2.45, 2.75) is 213 Å². The van der Waals surface area contributed by atoms with Crippen LogP contribution in [-0.4, -0.2) is 69.6 Å². The number of nitrogens with zero attached hydrogens (tertiary/aromatic N) is 2. The van der Waals surface area contributed by atoms with Crippen LogP contribution in [0.5, 0.6) is 0 Å². The first-order valence-electron chi connectivity index (χ1n) is 18.3. The van der Waals surface area contributed by atoms with Crippen LogP contribution in [-0.2, 0) is 28.7 Å². The van der Waals surface area contributed by atoms with Crippen molar-refractivity contribution in [1.82, 2.24) is 10.1 Å². The summed E-state index contributed by atoms with van der Waals surface area (Å²) < 4.78 is 11.8. The Morgan fingerprint density at radius 3 is 1.11 bits per heavy atom. The molecule has 0 aromatic carbocycles. The molecule has 45 heavy (non-hydrogen) atoms. The zero-order chi connectivity index (χ0) is 33.7. The van der Waals surface area contributed by atoms with E-state index in [1.54, 1.807) is 0 Å². The summed E-state index contributed by atoms with van der Waals surface area (Å²) in [6.07, 6.45) is 16.3. The molecule has 2 aliphatic rings. The molecule has 0 aromatic rings. The van der Waals surface area contributed by atoms with E-state index in [2.05, 4.69) is 79.4 Å². The van der Waals surface area contributed by atoms with Gasteiger partial charge in [-0.15, -0.1) is 0 Å². The number of rotatable bonds is 20. The van der Waals surface area contributed by atoms with Gasteiger partial charge in [0.15, 0.2) is 0 Å². The summed E-state index contributed by atoms with van der Waals surface area (Å²) in [5, 5.41) is 4.22. The number of carbonyl (C=O) groups excluding carboxylic acids is 2. The number of hydrogen-bond donors (Lipinski definition) is 0. The molecule has 0 bridgehead atoms. The Kier molecular flexibility index (Phi) is 16.3. The Hall–Kier alpha value is -1.22. The first-order chi connectivity index (χ1) is 21.0. The lowest BCUT2D eigenvalue weighted by atomic mass is 9.80. The second kappa shape index (κ2) is 18.4. The van der Waals surface area contributed by atoms with Crippen LogP contribution in [0.3, 0.4) is 0 Å². The maximum absolute atomic E-state index is 12.9. The van der Waals surface area contributed by atoms with Gasteiger partial charge in [-0.3, -0.25) is 19.3 Å². The van der Waals surface area contributed by atoms with Gasteiger partial charge in [-0.1, -0.05) is 78.1 Å². The molecule has 2 fully saturated rings. The number of ether oxygens (including phenoxy) is 2. The highest BCUT2D eigenvalue weighted by molar-refractivity contribution is 5.91. The molecule has 2 aliphatic heterocycles. The Balaban J connectivity index is 1.81. The molecule has 0 unspecified atom stereocenters. The van der Waals surface area contributed by atoms with Crippen LogP contribution >= 0.6 is 0 Å². The van der Waals surface area contributed by atoms with Crippen molar-refractivity contribution in [2.24, 2.45) is 0 Å². The topological polar surface area (TPSA) is 77.5 Å². The third kappa shape index (κ3) is 13.4. The summed E-state index contributed by atoms with van der Waals surface area (Å²) in [7, 11) is 0. The van der Waals surface area contributed by atoms with E-state index in [9.17, 15) is 9.59 Å². The van der Waals surface area contributed by atoms with E-state index in [0.29, 0.717) is 38.9 Å². The van der Waals surface area contributed by atoms with Gasteiger partial charge in [0.25, 0.3) is 0 Å². The van der Waals surface area contributed by atoms with E-state index in [1.165, 1.54) is 64.2 Å². The highest BCUT2D eigenvalue weighted by atomic mass is 16.7. The summed E-state index contributed by atoms with van der Waals surface area (Å²) in [6, 6.07) is 0. The summed E-state index contributed by atoms with van der Waals surface area (Å²) in [5.41, 5.74) is -1.23. The van der Waals surface area contributed by atoms with Gasteiger partial charge in [0.2, 0.25) is 0 Å². The second-order valence-electron chi connectivity index (χ2n) is 16.3. The van der Waals surface area contributed by atoms with Gasteiger partial charge in [0.1, 0.15) is 18.6 Å². The molecule has 2 rings (SSSR count). The largest absolute Gasteiger partial charge is 0.462 e. The predicted molar refractivity (Wildman–Crippen MR) is 181 cm³/mol. The van der Waals surface area contributed by atoms with Crippen LogP contribution in [0.25, 0.3) is 0 Å². The van der Waals surface area contributed by atoms with E-state index in [-0.39, 0.29) is 40.8 Å². The number of hydroxylamine groups is 4. The third-order valence-electron chi connectivity index (χ3n) is 9.43. The number of carbonyl (C=O) groups is 2. The van der Waals surface area contributed by atoms with Crippen molar-refractivity contribution in [1.29, 1.82) is 0 Å². The summed E-state index contributed by atoms with van der Waals surface area (Å²) in [6.45, 7) is 23.0. The third-order valence-corrected chi connectivity index (χ3v) is 9.43. The maximum atomic E-state index is 12.9. The predicted octanol–water partition coefficient (Wildman–Crippen LogP) is 9.09. The fourth-order valence-corrected chi connectivity index (χ4v) is 7.86. The molecule has 0 spiro atoms. The number of esters is 2. The molecule has 264 valence electrons. The van der Waals surface area contributed by atoms with E-state index < -0.39 is 11.9 Å². The molecule has 0 amide bonds.